The van der Waals surface area contributed by atoms with Crippen LogP contribution in [-0.2, 0) is 0 Å². The SMILES string of the molecule is CCN(CC)c1ncc(Cl)c(C(=O)NCC(C)CN2CCCC2)n1. The van der Waals surface area contributed by atoms with Crippen molar-refractivity contribution in [1.82, 2.24) is 20.2 Å². The summed E-state index contributed by atoms with van der Waals surface area (Å²) >= 11 is 6.12. The maximum atomic E-state index is 12.4. The van der Waals surface area contributed by atoms with E-state index in [-0.39, 0.29) is 16.6 Å². The van der Waals surface area contributed by atoms with E-state index in [2.05, 4.69) is 27.1 Å². The van der Waals surface area contributed by atoms with Gasteiger partial charge in [-0.2, -0.15) is 0 Å². The molecule has 1 aliphatic rings. The first kappa shape index (κ1) is 18.9. The van der Waals surface area contributed by atoms with Crippen molar-refractivity contribution in [2.24, 2.45) is 5.92 Å². The van der Waals surface area contributed by atoms with Gasteiger partial charge in [0, 0.05) is 26.2 Å². The fourth-order valence-corrected chi connectivity index (χ4v) is 3.17. The Morgan fingerprint density at radius 3 is 2.67 bits per heavy atom. The Kier molecular flexibility index (Phi) is 7.24. The Labute approximate surface area is 149 Å². The molecule has 2 heterocycles. The molecule has 134 valence electrons. The van der Waals surface area contributed by atoms with Crippen LogP contribution in [-0.4, -0.2) is 60.0 Å². The van der Waals surface area contributed by atoms with Gasteiger partial charge in [-0.15, -0.1) is 0 Å². The molecular formula is C17H28ClN5O. The molecule has 0 bridgehead atoms. The lowest BCUT2D eigenvalue weighted by molar-refractivity contribution is 0.0940. The van der Waals surface area contributed by atoms with Crippen LogP contribution in [0.2, 0.25) is 5.02 Å². The third-order valence-electron chi connectivity index (χ3n) is 4.37. The minimum Gasteiger partial charge on any atom is -0.350 e. The molecule has 1 amide bonds. The van der Waals surface area contributed by atoms with Crippen molar-refractivity contribution in [3.63, 3.8) is 0 Å². The zero-order valence-electron chi connectivity index (χ0n) is 14.9. The van der Waals surface area contributed by atoms with Crippen LogP contribution in [0.1, 0.15) is 44.1 Å². The second-order valence-corrected chi connectivity index (χ2v) is 6.77. The molecule has 0 aliphatic carbocycles. The Morgan fingerprint density at radius 1 is 1.38 bits per heavy atom. The molecule has 1 N–H and O–H groups in total. The third kappa shape index (κ3) is 5.05. The lowest BCUT2D eigenvalue weighted by Gasteiger charge is -2.21. The summed E-state index contributed by atoms with van der Waals surface area (Å²) in [5, 5.41) is 3.24. The number of halogens is 1. The van der Waals surface area contributed by atoms with Gasteiger partial charge in [0.2, 0.25) is 5.95 Å². The maximum Gasteiger partial charge on any atom is 0.271 e. The second-order valence-electron chi connectivity index (χ2n) is 6.36. The van der Waals surface area contributed by atoms with E-state index in [0.29, 0.717) is 18.4 Å². The van der Waals surface area contributed by atoms with Crippen LogP contribution < -0.4 is 10.2 Å². The van der Waals surface area contributed by atoms with E-state index >= 15 is 0 Å². The van der Waals surface area contributed by atoms with Gasteiger partial charge < -0.3 is 15.1 Å². The van der Waals surface area contributed by atoms with Crippen molar-refractivity contribution in [3.05, 3.63) is 16.9 Å². The van der Waals surface area contributed by atoms with Crippen LogP contribution in [0.15, 0.2) is 6.20 Å². The predicted molar refractivity (Wildman–Crippen MR) is 97.8 cm³/mol. The van der Waals surface area contributed by atoms with Gasteiger partial charge in [0.05, 0.1) is 11.2 Å². The second kappa shape index (κ2) is 9.18. The molecule has 1 aromatic heterocycles. The number of carbonyl (C=O) groups is 1. The topological polar surface area (TPSA) is 61.4 Å². The largest absolute Gasteiger partial charge is 0.350 e. The van der Waals surface area contributed by atoms with Gasteiger partial charge in [0.15, 0.2) is 5.69 Å². The maximum absolute atomic E-state index is 12.4. The van der Waals surface area contributed by atoms with Crippen LogP contribution in [0.25, 0.3) is 0 Å². The molecule has 0 saturated carbocycles. The van der Waals surface area contributed by atoms with E-state index < -0.39 is 0 Å². The molecule has 1 aliphatic heterocycles. The summed E-state index contributed by atoms with van der Waals surface area (Å²) in [6.45, 7) is 11.8. The van der Waals surface area contributed by atoms with Crippen molar-refractivity contribution in [1.29, 1.82) is 0 Å². The van der Waals surface area contributed by atoms with Gasteiger partial charge in [0.25, 0.3) is 5.91 Å². The summed E-state index contributed by atoms with van der Waals surface area (Å²) in [7, 11) is 0. The number of amides is 1. The molecular weight excluding hydrogens is 326 g/mol. The predicted octanol–water partition coefficient (Wildman–Crippen LogP) is 2.44. The Hall–Kier alpha value is -1.40. The van der Waals surface area contributed by atoms with Gasteiger partial charge in [0.1, 0.15) is 0 Å². The highest BCUT2D eigenvalue weighted by Crippen LogP contribution is 2.16. The van der Waals surface area contributed by atoms with E-state index in [9.17, 15) is 4.79 Å². The lowest BCUT2D eigenvalue weighted by Crippen LogP contribution is -2.35. The molecule has 6 nitrogen and oxygen atoms in total. The number of anilines is 1. The van der Waals surface area contributed by atoms with Gasteiger partial charge in [-0.1, -0.05) is 18.5 Å². The van der Waals surface area contributed by atoms with Crippen LogP contribution in [0.5, 0.6) is 0 Å². The number of nitrogens with zero attached hydrogens (tertiary/aromatic N) is 4. The van der Waals surface area contributed by atoms with E-state index in [1.54, 1.807) is 0 Å². The summed E-state index contributed by atoms with van der Waals surface area (Å²) in [5.74, 6) is 0.707. The lowest BCUT2D eigenvalue weighted by atomic mass is 10.1. The standard InChI is InChI=1S/C17H28ClN5O/c1-4-23(5-2)17-20-11-14(18)15(21-17)16(24)19-10-13(3)12-22-8-6-7-9-22/h11,13H,4-10,12H2,1-3H3,(H,19,24). The summed E-state index contributed by atoms with van der Waals surface area (Å²) in [6.07, 6.45) is 4.07. The van der Waals surface area contributed by atoms with Crippen molar-refractivity contribution >= 4 is 23.5 Å². The molecule has 1 unspecified atom stereocenters. The zero-order valence-corrected chi connectivity index (χ0v) is 15.6. The first-order valence-corrected chi connectivity index (χ1v) is 9.21. The molecule has 2 rings (SSSR count). The molecule has 1 atom stereocenters. The molecule has 1 aromatic rings. The minimum absolute atomic E-state index is 0.232. The van der Waals surface area contributed by atoms with Gasteiger partial charge in [-0.3, -0.25) is 4.79 Å². The molecule has 7 heteroatoms. The number of nitrogens with one attached hydrogen (secondary N) is 1. The molecule has 24 heavy (non-hydrogen) atoms. The van der Waals surface area contributed by atoms with E-state index in [4.69, 9.17) is 11.6 Å². The van der Waals surface area contributed by atoms with Crippen LogP contribution in [0.3, 0.4) is 0 Å². The first-order valence-electron chi connectivity index (χ1n) is 8.83. The van der Waals surface area contributed by atoms with Crippen molar-refractivity contribution < 1.29 is 4.79 Å². The van der Waals surface area contributed by atoms with E-state index in [0.717, 1.165) is 19.6 Å². The van der Waals surface area contributed by atoms with Gasteiger partial charge in [-0.25, -0.2) is 9.97 Å². The van der Waals surface area contributed by atoms with E-state index in [1.165, 1.54) is 32.1 Å². The average molecular weight is 354 g/mol. The zero-order chi connectivity index (χ0) is 17.5. The first-order chi connectivity index (χ1) is 11.5. The minimum atomic E-state index is -0.232. The Morgan fingerprint density at radius 2 is 2.04 bits per heavy atom. The quantitative estimate of drug-likeness (QED) is 0.777. The highest BCUT2D eigenvalue weighted by atomic mass is 35.5. The van der Waals surface area contributed by atoms with Crippen molar-refractivity contribution in [2.75, 3.05) is 44.2 Å². The van der Waals surface area contributed by atoms with Crippen molar-refractivity contribution in [3.8, 4) is 0 Å². The number of aromatic nitrogens is 2. The number of hydrogen-bond acceptors (Lipinski definition) is 5. The van der Waals surface area contributed by atoms with Crippen LogP contribution in [0.4, 0.5) is 5.95 Å². The highest BCUT2D eigenvalue weighted by Gasteiger charge is 2.18. The molecule has 1 fully saturated rings. The number of rotatable bonds is 8. The van der Waals surface area contributed by atoms with Crippen molar-refractivity contribution in [2.45, 2.75) is 33.6 Å². The summed E-state index contributed by atoms with van der Waals surface area (Å²) in [4.78, 5) is 25.5. The third-order valence-corrected chi connectivity index (χ3v) is 4.65. The fraction of sp³-hybridized carbons (Fsp3) is 0.706. The Bertz CT molecular complexity index is 544. The smallest absolute Gasteiger partial charge is 0.271 e. The molecule has 0 radical (unpaired) electrons. The Balaban J connectivity index is 1.94. The normalized spacial score (nSPS) is 16.2. The average Bonchev–Trinajstić information content (AvgIpc) is 3.08. The fourth-order valence-electron chi connectivity index (χ4n) is 3.00. The molecule has 0 spiro atoms. The van der Waals surface area contributed by atoms with E-state index in [1.807, 2.05) is 18.7 Å². The number of hydrogen-bond donors (Lipinski definition) is 1. The highest BCUT2D eigenvalue weighted by molar-refractivity contribution is 6.33. The summed E-state index contributed by atoms with van der Waals surface area (Å²) in [6, 6.07) is 0. The summed E-state index contributed by atoms with van der Waals surface area (Å²) < 4.78 is 0. The van der Waals surface area contributed by atoms with Crippen LogP contribution in [0, 0.1) is 5.92 Å². The van der Waals surface area contributed by atoms with Gasteiger partial charge >= 0.3 is 0 Å². The summed E-state index contributed by atoms with van der Waals surface area (Å²) in [5.41, 5.74) is 0.252. The number of carbonyl (C=O) groups excluding carboxylic acids is 1. The molecule has 0 aromatic carbocycles. The van der Waals surface area contributed by atoms with Crippen LogP contribution >= 0.6 is 11.6 Å². The number of likely N-dealkylation sites (tertiary alicyclic amines) is 1. The monoisotopic (exact) mass is 353 g/mol. The van der Waals surface area contributed by atoms with Gasteiger partial charge in [-0.05, 0) is 45.7 Å². The molecule has 1 saturated heterocycles.